The Kier molecular flexibility index (Phi) is 3.32. The lowest BCUT2D eigenvalue weighted by Gasteiger charge is -2.04. The first-order valence-corrected chi connectivity index (χ1v) is 7.49. The van der Waals surface area contributed by atoms with Crippen molar-refractivity contribution in [2.75, 3.05) is 7.11 Å². The summed E-state index contributed by atoms with van der Waals surface area (Å²) >= 11 is 0. The Morgan fingerprint density at radius 3 is 2.71 bits per heavy atom. The molecule has 2 aliphatic rings. The van der Waals surface area contributed by atoms with Gasteiger partial charge in [0.05, 0.1) is 25.0 Å². The van der Waals surface area contributed by atoms with Crippen LogP contribution in [0.25, 0.3) is 27.8 Å². The van der Waals surface area contributed by atoms with Crippen LogP contribution in [-0.4, -0.2) is 27.0 Å². The Labute approximate surface area is 137 Å². The summed E-state index contributed by atoms with van der Waals surface area (Å²) in [7, 11) is 1.60. The molecule has 120 valence electrons. The number of aromatic nitrogens is 3. The molecule has 24 heavy (non-hydrogen) atoms. The number of aromatic amines is 1. The molecule has 4 rings (SSSR count). The van der Waals surface area contributed by atoms with Crippen LogP contribution in [0.2, 0.25) is 0 Å². The van der Waals surface area contributed by atoms with Crippen LogP contribution in [-0.2, 0) is 6.61 Å². The Bertz CT molecular complexity index is 1050. The molecule has 0 aliphatic carbocycles. The van der Waals surface area contributed by atoms with Gasteiger partial charge < -0.3 is 14.8 Å². The van der Waals surface area contributed by atoms with E-state index in [4.69, 9.17) is 4.74 Å². The molecule has 2 aromatic carbocycles. The normalized spacial score (nSPS) is 11.2. The van der Waals surface area contributed by atoms with Crippen molar-refractivity contribution in [3.8, 4) is 22.7 Å². The molecular weight excluding hydrogens is 306 g/mol. The molecule has 0 spiro atoms. The van der Waals surface area contributed by atoms with E-state index in [2.05, 4.69) is 10.1 Å². The van der Waals surface area contributed by atoms with Gasteiger partial charge in [0.2, 0.25) is 0 Å². The van der Waals surface area contributed by atoms with Crippen molar-refractivity contribution in [1.29, 1.82) is 0 Å². The zero-order valence-electron chi connectivity index (χ0n) is 13.0. The fourth-order valence-electron chi connectivity index (χ4n) is 2.81. The lowest BCUT2D eigenvalue weighted by Crippen LogP contribution is -2.14. The summed E-state index contributed by atoms with van der Waals surface area (Å²) in [6.45, 7) is -0.0328. The molecule has 6 heteroatoms. The van der Waals surface area contributed by atoms with Crippen molar-refractivity contribution < 1.29 is 9.84 Å². The molecule has 6 nitrogen and oxygen atoms in total. The highest BCUT2D eigenvalue weighted by atomic mass is 16.5. The molecule has 2 aliphatic heterocycles. The Hall–Kier alpha value is -3.12. The number of fused-ring (bicyclic) bond motifs is 3. The fraction of sp³-hybridized carbons (Fsp3) is 0.111. The van der Waals surface area contributed by atoms with Gasteiger partial charge in [0.25, 0.3) is 5.56 Å². The number of aliphatic hydroxyl groups is 1. The minimum Gasteiger partial charge on any atom is -0.497 e. The van der Waals surface area contributed by atoms with Gasteiger partial charge in [0, 0.05) is 17.1 Å². The average molecular weight is 321 g/mol. The lowest BCUT2D eigenvalue weighted by atomic mass is 10.1. The molecule has 0 fully saturated rings. The number of benzene rings is 2. The summed E-state index contributed by atoms with van der Waals surface area (Å²) in [5, 5.41) is 14.6. The number of H-pyrrole nitrogens is 1. The van der Waals surface area contributed by atoms with E-state index in [0.29, 0.717) is 16.9 Å². The van der Waals surface area contributed by atoms with Gasteiger partial charge in [-0.15, -0.1) is 0 Å². The van der Waals surface area contributed by atoms with Gasteiger partial charge in [0.15, 0.2) is 0 Å². The van der Waals surface area contributed by atoms with Crippen molar-refractivity contribution in [3.63, 3.8) is 0 Å². The number of hydrogen-bond donors (Lipinski definition) is 2. The number of pyridine rings is 1. The van der Waals surface area contributed by atoms with E-state index in [1.54, 1.807) is 37.6 Å². The van der Waals surface area contributed by atoms with Gasteiger partial charge in [-0.25, -0.2) is 0 Å². The SMILES string of the molecule is COc1ccc(-n2nc3c4ccc(CO)cc4[nH]cc-3c2=O)cc1. The monoisotopic (exact) mass is 321 g/mol. The average Bonchev–Trinajstić information content (AvgIpc) is 2.98. The van der Waals surface area contributed by atoms with E-state index < -0.39 is 0 Å². The molecule has 2 heterocycles. The zero-order valence-corrected chi connectivity index (χ0v) is 13.0. The molecule has 2 N–H and O–H groups in total. The molecule has 0 bridgehead atoms. The van der Waals surface area contributed by atoms with Crippen molar-refractivity contribution >= 4 is 10.9 Å². The van der Waals surface area contributed by atoms with E-state index >= 15 is 0 Å². The Balaban J connectivity index is 1.94. The summed E-state index contributed by atoms with van der Waals surface area (Å²) in [6, 6.07) is 12.7. The standard InChI is InChI=1S/C18H15N3O3/c1-24-13-5-3-12(4-6-13)21-18(23)15-9-19-16-8-11(10-22)2-7-14(16)17(15)20-21/h2-9,19,22H,10H2,1H3. The first kappa shape index (κ1) is 14.5. The third-order valence-corrected chi connectivity index (χ3v) is 4.09. The first-order chi connectivity index (χ1) is 11.7. The van der Waals surface area contributed by atoms with Crippen LogP contribution >= 0.6 is 0 Å². The molecular formula is C18H15N3O3. The second-order valence-electron chi connectivity index (χ2n) is 5.50. The minimum atomic E-state index is -0.181. The van der Waals surface area contributed by atoms with Gasteiger partial charge in [-0.2, -0.15) is 9.78 Å². The molecule has 0 saturated heterocycles. The summed E-state index contributed by atoms with van der Waals surface area (Å²) < 4.78 is 6.53. The Morgan fingerprint density at radius 1 is 1.21 bits per heavy atom. The maximum Gasteiger partial charge on any atom is 0.282 e. The molecule has 0 radical (unpaired) electrons. The zero-order chi connectivity index (χ0) is 16.7. The number of ether oxygens (including phenoxy) is 1. The maximum absolute atomic E-state index is 12.7. The number of hydrogen-bond acceptors (Lipinski definition) is 4. The first-order valence-electron chi connectivity index (χ1n) is 7.49. The van der Waals surface area contributed by atoms with Crippen molar-refractivity contribution in [1.82, 2.24) is 14.8 Å². The number of aliphatic hydroxyl groups excluding tert-OH is 1. The third-order valence-electron chi connectivity index (χ3n) is 4.09. The van der Waals surface area contributed by atoms with E-state index in [-0.39, 0.29) is 12.2 Å². The van der Waals surface area contributed by atoms with E-state index in [0.717, 1.165) is 22.2 Å². The molecule has 0 aromatic heterocycles. The van der Waals surface area contributed by atoms with E-state index in [1.807, 2.05) is 18.2 Å². The maximum atomic E-state index is 12.7. The van der Waals surface area contributed by atoms with Gasteiger partial charge in [-0.05, 0) is 35.9 Å². The largest absolute Gasteiger partial charge is 0.497 e. The molecule has 0 amide bonds. The second kappa shape index (κ2) is 5.50. The van der Waals surface area contributed by atoms with E-state index in [9.17, 15) is 9.90 Å². The molecule has 0 atom stereocenters. The summed E-state index contributed by atoms with van der Waals surface area (Å²) in [5.41, 5.74) is 3.28. The highest BCUT2D eigenvalue weighted by molar-refractivity contribution is 5.93. The van der Waals surface area contributed by atoms with Crippen LogP contribution in [0, 0.1) is 0 Å². The summed E-state index contributed by atoms with van der Waals surface area (Å²) in [5.74, 6) is 0.721. The minimum absolute atomic E-state index is 0.0328. The number of nitrogens with zero attached hydrogens (tertiary/aromatic N) is 2. The lowest BCUT2D eigenvalue weighted by molar-refractivity contribution is 0.282. The second-order valence-corrected chi connectivity index (χ2v) is 5.50. The quantitative estimate of drug-likeness (QED) is 0.607. The van der Waals surface area contributed by atoms with Crippen LogP contribution < -0.4 is 10.3 Å². The fourth-order valence-corrected chi connectivity index (χ4v) is 2.81. The topological polar surface area (TPSA) is 80.1 Å². The van der Waals surface area contributed by atoms with Crippen LogP contribution in [0.1, 0.15) is 5.56 Å². The van der Waals surface area contributed by atoms with Crippen molar-refractivity contribution in [2.24, 2.45) is 0 Å². The predicted octanol–water partition coefficient (Wildman–Crippen LogP) is 2.32. The van der Waals surface area contributed by atoms with Crippen LogP contribution in [0.5, 0.6) is 5.75 Å². The number of methoxy groups -OCH3 is 1. The van der Waals surface area contributed by atoms with Crippen LogP contribution in [0.15, 0.2) is 53.5 Å². The highest BCUT2D eigenvalue weighted by Gasteiger charge is 2.19. The van der Waals surface area contributed by atoms with Gasteiger partial charge in [-0.1, -0.05) is 12.1 Å². The highest BCUT2D eigenvalue weighted by Crippen LogP contribution is 2.27. The van der Waals surface area contributed by atoms with Crippen molar-refractivity contribution in [2.45, 2.75) is 6.61 Å². The third kappa shape index (κ3) is 2.16. The number of nitrogens with one attached hydrogen (secondary N) is 1. The van der Waals surface area contributed by atoms with Crippen molar-refractivity contribution in [3.05, 3.63) is 64.6 Å². The van der Waals surface area contributed by atoms with Gasteiger partial charge >= 0.3 is 0 Å². The number of rotatable bonds is 3. The Morgan fingerprint density at radius 2 is 2.00 bits per heavy atom. The summed E-state index contributed by atoms with van der Waals surface area (Å²) in [6.07, 6.45) is 1.66. The molecule has 0 saturated carbocycles. The predicted molar refractivity (Wildman–Crippen MR) is 90.8 cm³/mol. The van der Waals surface area contributed by atoms with E-state index in [1.165, 1.54) is 4.68 Å². The van der Waals surface area contributed by atoms with Gasteiger partial charge in [0.1, 0.15) is 11.4 Å². The molecule has 0 unspecified atom stereocenters. The van der Waals surface area contributed by atoms with Crippen LogP contribution in [0.4, 0.5) is 0 Å². The summed E-state index contributed by atoms with van der Waals surface area (Å²) in [4.78, 5) is 15.8. The van der Waals surface area contributed by atoms with Gasteiger partial charge in [-0.3, -0.25) is 4.79 Å². The smallest absolute Gasteiger partial charge is 0.282 e. The van der Waals surface area contributed by atoms with Crippen LogP contribution in [0.3, 0.4) is 0 Å². The molecule has 2 aromatic rings.